The highest BCUT2D eigenvalue weighted by atomic mass is 79.9. The number of carbonyl (C=O) groups is 1. The first kappa shape index (κ1) is 9.46. The van der Waals surface area contributed by atoms with E-state index < -0.39 is 0 Å². The highest BCUT2D eigenvalue weighted by molar-refractivity contribution is 9.09. The molecule has 1 aromatic rings. The average Bonchev–Trinajstić information content (AvgIpc) is 2.17. The lowest BCUT2D eigenvalue weighted by molar-refractivity contribution is -0.118. The van der Waals surface area contributed by atoms with E-state index in [0.717, 1.165) is 5.56 Å². The Kier molecular flexibility index (Phi) is 3.48. The van der Waals surface area contributed by atoms with Crippen molar-refractivity contribution < 1.29 is 4.79 Å². The molecular weight excluding hydrogens is 216 g/mol. The van der Waals surface area contributed by atoms with Crippen LogP contribution in [0.5, 0.6) is 0 Å². The smallest absolute Gasteiger partial charge is 0.150 e. The standard InChI is InChI=1S/C10H11BrO/c1-2-9(12)10(11)8-6-4-3-5-7-8/h3-7,10H,2H2,1H3. The van der Waals surface area contributed by atoms with Crippen LogP contribution in [0.25, 0.3) is 0 Å². The van der Waals surface area contributed by atoms with Gasteiger partial charge in [-0.25, -0.2) is 0 Å². The molecule has 0 fully saturated rings. The average molecular weight is 227 g/mol. The number of carbonyl (C=O) groups excluding carboxylic acids is 1. The fourth-order valence-corrected chi connectivity index (χ4v) is 1.62. The number of hydrogen-bond acceptors (Lipinski definition) is 1. The zero-order chi connectivity index (χ0) is 8.97. The second-order valence-electron chi connectivity index (χ2n) is 2.59. The lowest BCUT2D eigenvalue weighted by atomic mass is 10.1. The molecule has 0 amide bonds. The van der Waals surface area contributed by atoms with E-state index in [2.05, 4.69) is 15.9 Å². The lowest BCUT2D eigenvalue weighted by Crippen LogP contribution is -2.03. The molecule has 0 aliphatic heterocycles. The third-order valence-electron chi connectivity index (χ3n) is 1.72. The van der Waals surface area contributed by atoms with Crippen molar-refractivity contribution in [3.8, 4) is 0 Å². The van der Waals surface area contributed by atoms with Gasteiger partial charge < -0.3 is 0 Å². The minimum atomic E-state index is -0.135. The van der Waals surface area contributed by atoms with Crippen LogP contribution in [0.2, 0.25) is 0 Å². The molecule has 0 aliphatic rings. The Morgan fingerprint density at radius 2 is 2.00 bits per heavy atom. The summed E-state index contributed by atoms with van der Waals surface area (Å²) < 4.78 is 0. The molecule has 0 heterocycles. The van der Waals surface area contributed by atoms with Gasteiger partial charge in [-0.1, -0.05) is 53.2 Å². The van der Waals surface area contributed by atoms with E-state index in [1.165, 1.54) is 0 Å². The van der Waals surface area contributed by atoms with E-state index in [0.29, 0.717) is 6.42 Å². The summed E-state index contributed by atoms with van der Waals surface area (Å²) in [4.78, 5) is 11.1. The molecule has 0 aliphatic carbocycles. The summed E-state index contributed by atoms with van der Waals surface area (Å²) in [6.07, 6.45) is 0.574. The summed E-state index contributed by atoms with van der Waals surface area (Å²) in [5, 5.41) is 0. The van der Waals surface area contributed by atoms with Gasteiger partial charge in [0.15, 0.2) is 5.78 Å². The number of rotatable bonds is 3. The molecule has 12 heavy (non-hydrogen) atoms. The van der Waals surface area contributed by atoms with Gasteiger partial charge >= 0.3 is 0 Å². The lowest BCUT2D eigenvalue weighted by Gasteiger charge is -2.06. The molecule has 0 saturated heterocycles. The third kappa shape index (κ3) is 2.18. The van der Waals surface area contributed by atoms with Gasteiger partial charge in [-0.2, -0.15) is 0 Å². The van der Waals surface area contributed by atoms with Gasteiger partial charge in [0.25, 0.3) is 0 Å². The second kappa shape index (κ2) is 4.41. The molecule has 0 aromatic heterocycles. The van der Waals surface area contributed by atoms with Gasteiger partial charge in [-0.3, -0.25) is 4.79 Å². The van der Waals surface area contributed by atoms with Crippen LogP contribution >= 0.6 is 15.9 Å². The molecule has 2 heteroatoms. The molecule has 0 spiro atoms. The van der Waals surface area contributed by atoms with Crippen LogP contribution in [-0.4, -0.2) is 5.78 Å². The predicted octanol–water partition coefficient (Wildman–Crippen LogP) is 3.10. The fourth-order valence-electron chi connectivity index (χ4n) is 0.987. The van der Waals surface area contributed by atoms with Crippen molar-refractivity contribution in [1.82, 2.24) is 0 Å². The topological polar surface area (TPSA) is 17.1 Å². The maximum atomic E-state index is 11.3. The normalized spacial score (nSPS) is 12.5. The molecule has 1 unspecified atom stereocenters. The van der Waals surface area contributed by atoms with E-state index in [9.17, 15) is 4.79 Å². The van der Waals surface area contributed by atoms with Gasteiger partial charge in [-0.05, 0) is 5.56 Å². The summed E-state index contributed by atoms with van der Waals surface area (Å²) in [7, 11) is 0. The van der Waals surface area contributed by atoms with Crippen molar-refractivity contribution in [2.24, 2.45) is 0 Å². The van der Waals surface area contributed by atoms with Crippen LogP contribution in [0.1, 0.15) is 23.7 Å². The minimum Gasteiger partial charge on any atom is -0.298 e. The Labute approximate surface area is 80.9 Å². The Balaban J connectivity index is 2.78. The highest BCUT2D eigenvalue weighted by Crippen LogP contribution is 2.24. The first-order valence-corrected chi connectivity index (χ1v) is 4.89. The third-order valence-corrected chi connectivity index (χ3v) is 2.76. The van der Waals surface area contributed by atoms with Gasteiger partial charge in [0.2, 0.25) is 0 Å². The molecule has 0 radical (unpaired) electrons. The summed E-state index contributed by atoms with van der Waals surface area (Å²) in [5.41, 5.74) is 1.03. The Hall–Kier alpha value is -0.630. The SMILES string of the molecule is CCC(=O)C(Br)c1ccccc1. The number of hydrogen-bond donors (Lipinski definition) is 0. The maximum Gasteiger partial charge on any atom is 0.150 e. The van der Waals surface area contributed by atoms with Crippen LogP contribution in [0, 0.1) is 0 Å². The van der Waals surface area contributed by atoms with Gasteiger partial charge in [-0.15, -0.1) is 0 Å². The quantitative estimate of drug-likeness (QED) is 0.725. The zero-order valence-electron chi connectivity index (χ0n) is 6.96. The Morgan fingerprint density at radius 1 is 1.42 bits per heavy atom. The van der Waals surface area contributed by atoms with Crippen LogP contribution in [0.3, 0.4) is 0 Å². The molecular formula is C10H11BrO. The summed E-state index contributed by atoms with van der Waals surface area (Å²) >= 11 is 3.36. The van der Waals surface area contributed by atoms with Crippen molar-refractivity contribution in [2.45, 2.75) is 18.2 Å². The molecule has 0 saturated carbocycles. The number of halogens is 1. The van der Waals surface area contributed by atoms with E-state index in [-0.39, 0.29) is 10.6 Å². The van der Waals surface area contributed by atoms with Gasteiger partial charge in [0.05, 0.1) is 4.83 Å². The highest BCUT2D eigenvalue weighted by Gasteiger charge is 2.13. The summed E-state index contributed by atoms with van der Waals surface area (Å²) in [6, 6.07) is 9.72. The number of ketones is 1. The van der Waals surface area contributed by atoms with Crippen LogP contribution in [0.15, 0.2) is 30.3 Å². The van der Waals surface area contributed by atoms with Crippen molar-refractivity contribution in [2.75, 3.05) is 0 Å². The van der Waals surface area contributed by atoms with E-state index in [1.54, 1.807) is 0 Å². The first-order chi connectivity index (χ1) is 5.75. The van der Waals surface area contributed by atoms with Crippen LogP contribution < -0.4 is 0 Å². The maximum absolute atomic E-state index is 11.3. The second-order valence-corrected chi connectivity index (χ2v) is 3.51. The number of alkyl halides is 1. The van der Waals surface area contributed by atoms with Crippen LogP contribution in [0.4, 0.5) is 0 Å². The van der Waals surface area contributed by atoms with Crippen LogP contribution in [-0.2, 0) is 4.79 Å². The molecule has 64 valence electrons. The number of Topliss-reactive ketones (excluding diaryl/α,β-unsaturated/α-hetero) is 1. The molecule has 0 bridgehead atoms. The zero-order valence-corrected chi connectivity index (χ0v) is 8.54. The number of benzene rings is 1. The van der Waals surface area contributed by atoms with E-state index >= 15 is 0 Å². The van der Waals surface area contributed by atoms with Crippen molar-refractivity contribution in [1.29, 1.82) is 0 Å². The summed E-state index contributed by atoms with van der Waals surface area (Å²) in [6.45, 7) is 1.87. The van der Waals surface area contributed by atoms with Gasteiger partial charge in [0, 0.05) is 6.42 Å². The molecule has 1 rings (SSSR count). The predicted molar refractivity (Wildman–Crippen MR) is 53.4 cm³/mol. The largest absolute Gasteiger partial charge is 0.298 e. The van der Waals surface area contributed by atoms with Crippen molar-refractivity contribution in [3.05, 3.63) is 35.9 Å². The van der Waals surface area contributed by atoms with E-state index in [1.807, 2.05) is 37.3 Å². The molecule has 0 N–H and O–H groups in total. The van der Waals surface area contributed by atoms with E-state index in [4.69, 9.17) is 0 Å². The monoisotopic (exact) mass is 226 g/mol. The minimum absolute atomic E-state index is 0.135. The first-order valence-electron chi connectivity index (χ1n) is 3.97. The molecule has 1 nitrogen and oxygen atoms in total. The van der Waals surface area contributed by atoms with Crippen molar-refractivity contribution >= 4 is 21.7 Å². The molecule has 1 atom stereocenters. The molecule has 1 aromatic carbocycles. The fraction of sp³-hybridized carbons (Fsp3) is 0.300. The Morgan fingerprint density at radius 3 is 2.50 bits per heavy atom. The van der Waals surface area contributed by atoms with Gasteiger partial charge in [0.1, 0.15) is 0 Å². The van der Waals surface area contributed by atoms with Crippen molar-refractivity contribution in [3.63, 3.8) is 0 Å². The summed E-state index contributed by atoms with van der Waals surface area (Å²) in [5.74, 6) is 0.223. The Bertz CT molecular complexity index is 256.